The molecule has 0 atom stereocenters. The van der Waals surface area contributed by atoms with E-state index in [9.17, 15) is 4.79 Å². The molecule has 2 fully saturated rings. The van der Waals surface area contributed by atoms with Crippen molar-refractivity contribution in [3.8, 4) is 5.69 Å². The van der Waals surface area contributed by atoms with Crippen LogP contribution >= 0.6 is 11.6 Å². The van der Waals surface area contributed by atoms with Gasteiger partial charge >= 0.3 is 0 Å². The molecule has 1 spiro atoms. The van der Waals surface area contributed by atoms with Gasteiger partial charge in [0.05, 0.1) is 24.5 Å². The number of piperidine rings is 1. The van der Waals surface area contributed by atoms with Crippen LogP contribution in [-0.4, -0.2) is 63.1 Å². The average molecular weight is 350 g/mol. The third-order valence-corrected chi connectivity index (χ3v) is 4.65. The van der Waals surface area contributed by atoms with Gasteiger partial charge in [-0.15, -0.1) is 5.10 Å². The molecule has 2 aliphatic rings. The quantitative estimate of drug-likeness (QED) is 0.812. The van der Waals surface area contributed by atoms with Crippen molar-refractivity contribution in [1.29, 1.82) is 0 Å². The summed E-state index contributed by atoms with van der Waals surface area (Å²) in [6, 6.07) is 5.08. The molecule has 3 heterocycles. The molecule has 8 nitrogen and oxygen atoms in total. The van der Waals surface area contributed by atoms with Crippen LogP contribution in [0.15, 0.2) is 24.5 Å². The molecule has 0 N–H and O–H groups in total. The lowest BCUT2D eigenvalue weighted by atomic mass is 10.0. The Balaban J connectivity index is 1.57. The van der Waals surface area contributed by atoms with Gasteiger partial charge in [-0.1, -0.05) is 11.6 Å². The zero-order valence-corrected chi connectivity index (χ0v) is 13.6. The summed E-state index contributed by atoms with van der Waals surface area (Å²) in [5, 5.41) is 11.6. The standard InChI is InChI=1S/C15H16ClN5O3/c16-11-1-2-12(13(9-11)21-10-17-18-19-21)14(22)20-5-3-15(4-6-20)23-7-8-24-15/h1-2,9-10H,3-8H2. The van der Waals surface area contributed by atoms with E-state index in [1.165, 1.54) is 11.0 Å². The first kappa shape index (κ1) is 15.5. The molecule has 1 aromatic carbocycles. The van der Waals surface area contributed by atoms with Crippen LogP contribution in [0.3, 0.4) is 0 Å². The summed E-state index contributed by atoms with van der Waals surface area (Å²) >= 11 is 6.07. The highest BCUT2D eigenvalue weighted by Gasteiger charge is 2.41. The number of benzene rings is 1. The Kier molecular flexibility index (Phi) is 3.95. The lowest BCUT2D eigenvalue weighted by Crippen LogP contribution is -2.47. The Morgan fingerprint density at radius 1 is 1.21 bits per heavy atom. The van der Waals surface area contributed by atoms with E-state index in [0.29, 0.717) is 55.4 Å². The van der Waals surface area contributed by atoms with E-state index in [2.05, 4.69) is 15.5 Å². The number of likely N-dealkylation sites (tertiary alicyclic amines) is 1. The van der Waals surface area contributed by atoms with Gasteiger partial charge in [0.2, 0.25) is 0 Å². The number of hydrogen-bond donors (Lipinski definition) is 0. The van der Waals surface area contributed by atoms with Crippen molar-refractivity contribution in [3.05, 3.63) is 35.1 Å². The van der Waals surface area contributed by atoms with Crippen LogP contribution in [0.4, 0.5) is 0 Å². The third-order valence-electron chi connectivity index (χ3n) is 4.41. The monoisotopic (exact) mass is 349 g/mol. The Hall–Kier alpha value is -2.03. The topological polar surface area (TPSA) is 82.4 Å². The van der Waals surface area contributed by atoms with Gasteiger partial charge in [-0.2, -0.15) is 4.68 Å². The largest absolute Gasteiger partial charge is 0.347 e. The minimum atomic E-state index is -0.505. The van der Waals surface area contributed by atoms with Gasteiger partial charge in [0.15, 0.2) is 5.79 Å². The van der Waals surface area contributed by atoms with Crippen molar-refractivity contribution in [1.82, 2.24) is 25.1 Å². The van der Waals surface area contributed by atoms with Crippen LogP contribution in [-0.2, 0) is 9.47 Å². The van der Waals surface area contributed by atoms with E-state index in [-0.39, 0.29) is 5.91 Å². The number of carbonyl (C=O) groups is 1. The van der Waals surface area contributed by atoms with Crippen LogP contribution in [0, 0.1) is 0 Å². The molecule has 0 radical (unpaired) electrons. The third kappa shape index (κ3) is 2.77. The highest BCUT2D eigenvalue weighted by molar-refractivity contribution is 6.31. The highest BCUT2D eigenvalue weighted by atomic mass is 35.5. The van der Waals surface area contributed by atoms with Crippen LogP contribution in [0.2, 0.25) is 5.02 Å². The molecule has 9 heteroatoms. The summed E-state index contributed by atoms with van der Waals surface area (Å²) in [5.41, 5.74) is 1.07. The molecule has 1 amide bonds. The van der Waals surface area contributed by atoms with Crippen molar-refractivity contribution in [2.24, 2.45) is 0 Å². The van der Waals surface area contributed by atoms with Crippen molar-refractivity contribution in [2.75, 3.05) is 26.3 Å². The molecule has 0 bridgehead atoms. The first-order chi connectivity index (χ1) is 11.7. The summed E-state index contributed by atoms with van der Waals surface area (Å²) < 4.78 is 12.8. The highest BCUT2D eigenvalue weighted by Crippen LogP contribution is 2.32. The fraction of sp³-hybridized carbons (Fsp3) is 0.467. The van der Waals surface area contributed by atoms with Gasteiger partial charge in [-0.25, -0.2) is 0 Å². The van der Waals surface area contributed by atoms with Gasteiger partial charge in [-0.05, 0) is 28.6 Å². The first-order valence-electron chi connectivity index (χ1n) is 7.77. The number of tetrazole rings is 1. The van der Waals surface area contributed by atoms with E-state index in [4.69, 9.17) is 21.1 Å². The van der Waals surface area contributed by atoms with Gasteiger partial charge in [0, 0.05) is 31.0 Å². The predicted octanol–water partition coefficient (Wildman–Crippen LogP) is 1.29. The summed E-state index contributed by atoms with van der Waals surface area (Å²) in [4.78, 5) is 14.7. The van der Waals surface area contributed by atoms with E-state index in [0.717, 1.165) is 0 Å². The number of rotatable bonds is 2. The van der Waals surface area contributed by atoms with Crippen LogP contribution < -0.4 is 0 Å². The van der Waals surface area contributed by atoms with Gasteiger partial charge in [-0.3, -0.25) is 4.79 Å². The zero-order chi connectivity index (χ0) is 16.6. The van der Waals surface area contributed by atoms with E-state index in [1.54, 1.807) is 23.1 Å². The number of hydrogen-bond acceptors (Lipinski definition) is 6. The Morgan fingerprint density at radius 2 is 1.96 bits per heavy atom. The molecule has 4 rings (SSSR count). The molecular formula is C15H16ClN5O3. The minimum Gasteiger partial charge on any atom is -0.347 e. The molecule has 0 aliphatic carbocycles. The molecule has 2 aromatic rings. The maximum atomic E-state index is 12.9. The van der Waals surface area contributed by atoms with E-state index >= 15 is 0 Å². The molecule has 0 unspecified atom stereocenters. The lowest BCUT2D eigenvalue weighted by molar-refractivity contribution is -0.181. The first-order valence-corrected chi connectivity index (χ1v) is 8.15. The second-order valence-corrected chi connectivity index (χ2v) is 6.25. The molecule has 126 valence electrons. The lowest BCUT2D eigenvalue weighted by Gasteiger charge is -2.37. The van der Waals surface area contributed by atoms with Gasteiger partial charge < -0.3 is 14.4 Å². The Morgan fingerprint density at radius 3 is 2.62 bits per heavy atom. The number of nitrogens with zero attached hydrogens (tertiary/aromatic N) is 5. The fourth-order valence-electron chi connectivity index (χ4n) is 3.15. The minimum absolute atomic E-state index is 0.0787. The maximum Gasteiger partial charge on any atom is 0.256 e. The molecule has 1 aromatic heterocycles. The normalized spacial score (nSPS) is 19.8. The Bertz CT molecular complexity index is 736. The second kappa shape index (κ2) is 6.12. The van der Waals surface area contributed by atoms with Gasteiger partial charge in [0.1, 0.15) is 6.33 Å². The molecule has 2 aliphatic heterocycles. The number of halogens is 1. The van der Waals surface area contributed by atoms with Crippen LogP contribution in [0.5, 0.6) is 0 Å². The number of aromatic nitrogens is 4. The fourth-order valence-corrected chi connectivity index (χ4v) is 3.32. The summed E-state index contributed by atoms with van der Waals surface area (Å²) in [6.07, 6.45) is 2.78. The smallest absolute Gasteiger partial charge is 0.256 e. The molecule has 2 saturated heterocycles. The van der Waals surface area contributed by atoms with E-state index < -0.39 is 5.79 Å². The van der Waals surface area contributed by atoms with E-state index in [1.807, 2.05) is 0 Å². The summed E-state index contributed by atoms with van der Waals surface area (Å²) in [5.74, 6) is -0.583. The maximum absolute atomic E-state index is 12.9. The molecular weight excluding hydrogens is 334 g/mol. The molecule has 24 heavy (non-hydrogen) atoms. The second-order valence-electron chi connectivity index (χ2n) is 5.82. The van der Waals surface area contributed by atoms with Gasteiger partial charge in [0.25, 0.3) is 5.91 Å². The van der Waals surface area contributed by atoms with Crippen LogP contribution in [0.1, 0.15) is 23.2 Å². The van der Waals surface area contributed by atoms with Crippen molar-refractivity contribution >= 4 is 17.5 Å². The summed E-state index contributed by atoms with van der Waals surface area (Å²) in [6.45, 7) is 2.40. The Labute approximate surface area is 143 Å². The average Bonchev–Trinajstić information content (AvgIpc) is 3.27. The predicted molar refractivity (Wildman–Crippen MR) is 83.9 cm³/mol. The number of amides is 1. The molecule has 0 saturated carbocycles. The van der Waals surface area contributed by atoms with Crippen LogP contribution in [0.25, 0.3) is 5.69 Å². The SMILES string of the molecule is O=C(c1ccc(Cl)cc1-n1cnnn1)N1CCC2(CC1)OCCO2. The van der Waals surface area contributed by atoms with Crippen molar-refractivity contribution < 1.29 is 14.3 Å². The van der Waals surface area contributed by atoms with Crippen molar-refractivity contribution in [3.63, 3.8) is 0 Å². The number of carbonyl (C=O) groups excluding carboxylic acids is 1. The zero-order valence-electron chi connectivity index (χ0n) is 12.9. The van der Waals surface area contributed by atoms with Crippen molar-refractivity contribution in [2.45, 2.75) is 18.6 Å². The number of ether oxygens (including phenoxy) is 2. The summed E-state index contributed by atoms with van der Waals surface area (Å²) in [7, 11) is 0.